The first-order valence-corrected chi connectivity index (χ1v) is 5.34. The predicted octanol–water partition coefficient (Wildman–Crippen LogP) is 0.813. The lowest BCUT2D eigenvalue weighted by atomic mass is 9.93. The summed E-state index contributed by atoms with van der Waals surface area (Å²) in [6, 6.07) is 2.01. The molecule has 1 aliphatic rings. The Kier molecular flexibility index (Phi) is 3.70. The largest absolute Gasteiger partial charge is 0.396 e. The van der Waals surface area contributed by atoms with Crippen LogP contribution in [-0.4, -0.2) is 23.7 Å². The summed E-state index contributed by atoms with van der Waals surface area (Å²) in [5.74, 6) is -0.0845. The van der Waals surface area contributed by atoms with E-state index in [0.29, 0.717) is 0 Å². The minimum atomic E-state index is -0.984. The summed E-state index contributed by atoms with van der Waals surface area (Å²) in [5, 5.41) is 20.7. The van der Waals surface area contributed by atoms with Crippen molar-refractivity contribution in [3.05, 3.63) is 0 Å². The maximum absolute atomic E-state index is 11.7. The number of amides is 1. The highest BCUT2D eigenvalue weighted by atomic mass is 16.3. The molecule has 0 bridgehead atoms. The predicted molar refractivity (Wildman–Crippen MR) is 55.8 cm³/mol. The molecule has 0 heterocycles. The zero-order chi connectivity index (χ0) is 11.5. The van der Waals surface area contributed by atoms with Crippen molar-refractivity contribution >= 4 is 5.91 Å². The minimum absolute atomic E-state index is 0.0372. The third-order valence-corrected chi connectivity index (χ3v) is 3.06. The van der Waals surface area contributed by atoms with Gasteiger partial charge in [0.25, 0.3) is 0 Å². The van der Waals surface area contributed by atoms with Crippen LogP contribution in [0.5, 0.6) is 0 Å². The molecule has 0 aromatic rings. The number of carbonyl (C=O) groups excluding carboxylic acids is 1. The number of hydrogen-bond donors (Lipinski definition) is 2. The summed E-state index contributed by atoms with van der Waals surface area (Å²) in [6.45, 7) is 3.31. The van der Waals surface area contributed by atoms with E-state index in [1.54, 1.807) is 13.8 Å². The quantitative estimate of drug-likeness (QED) is 0.724. The summed E-state index contributed by atoms with van der Waals surface area (Å²) in [5.41, 5.74) is -0.984. The molecule has 0 aliphatic heterocycles. The zero-order valence-electron chi connectivity index (χ0n) is 9.29. The van der Waals surface area contributed by atoms with E-state index in [1.807, 2.05) is 6.07 Å². The second kappa shape index (κ2) is 4.63. The van der Waals surface area contributed by atoms with Gasteiger partial charge in [-0.2, -0.15) is 5.26 Å². The van der Waals surface area contributed by atoms with Gasteiger partial charge >= 0.3 is 0 Å². The fourth-order valence-electron chi connectivity index (χ4n) is 1.84. The lowest BCUT2D eigenvalue weighted by molar-refractivity contribution is -0.127. The van der Waals surface area contributed by atoms with Crippen molar-refractivity contribution in [1.82, 2.24) is 5.32 Å². The maximum Gasteiger partial charge on any atom is 0.240 e. The lowest BCUT2D eigenvalue weighted by Gasteiger charge is -2.23. The topological polar surface area (TPSA) is 73.1 Å². The Balaban J connectivity index is 2.55. The van der Waals surface area contributed by atoms with Gasteiger partial charge in [0.2, 0.25) is 5.91 Å². The number of aliphatic hydroxyl groups is 1. The summed E-state index contributed by atoms with van der Waals surface area (Å²) in [7, 11) is 0. The molecule has 1 amide bonds. The van der Waals surface area contributed by atoms with E-state index in [4.69, 9.17) is 10.4 Å². The molecule has 0 spiro atoms. The molecule has 0 saturated heterocycles. The molecular weight excluding hydrogens is 192 g/mol. The average molecular weight is 210 g/mol. The van der Waals surface area contributed by atoms with E-state index in [2.05, 4.69) is 5.32 Å². The van der Waals surface area contributed by atoms with Crippen LogP contribution in [0.4, 0.5) is 0 Å². The summed E-state index contributed by atoms with van der Waals surface area (Å²) >= 11 is 0. The van der Waals surface area contributed by atoms with Gasteiger partial charge in [-0.15, -0.1) is 0 Å². The van der Waals surface area contributed by atoms with Gasteiger partial charge in [0.05, 0.1) is 6.07 Å². The molecule has 0 aromatic heterocycles. The van der Waals surface area contributed by atoms with Gasteiger partial charge in [-0.25, -0.2) is 0 Å². The third kappa shape index (κ3) is 2.69. The molecule has 1 rings (SSSR count). The summed E-state index contributed by atoms with van der Waals surface area (Å²) < 4.78 is 0. The number of nitriles is 1. The highest BCUT2D eigenvalue weighted by molar-refractivity contribution is 5.84. The molecular formula is C11H18N2O2. The number of hydrogen-bond acceptors (Lipinski definition) is 3. The van der Waals surface area contributed by atoms with Crippen LogP contribution in [0.3, 0.4) is 0 Å². The van der Waals surface area contributed by atoms with Crippen molar-refractivity contribution < 1.29 is 9.90 Å². The molecule has 0 aromatic carbocycles. The molecule has 2 N–H and O–H groups in total. The molecule has 1 aliphatic carbocycles. The van der Waals surface area contributed by atoms with Crippen molar-refractivity contribution in [3.8, 4) is 6.07 Å². The third-order valence-electron chi connectivity index (χ3n) is 3.06. The Bertz CT molecular complexity index is 281. The van der Waals surface area contributed by atoms with E-state index in [-0.39, 0.29) is 24.5 Å². The summed E-state index contributed by atoms with van der Waals surface area (Å²) in [4.78, 5) is 11.7. The van der Waals surface area contributed by atoms with Crippen LogP contribution in [0, 0.1) is 22.7 Å². The van der Waals surface area contributed by atoms with Gasteiger partial charge in [-0.05, 0) is 26.7 Å². The Morgan fingerprint density at radius 2 is 2.27 bits per heavy atom. The standard InChI is InChI=1S/C11H18N2O2/c1-11(2,7-12)10(15)13-9-5-3-4-8(9)6-14/h8-9,14H,3-6H2,1-2H3,(H,13,15). The minimum Gasteiger partial charge on any atom is -0.396 e. The lowest BCUT2D eigenvalue weighted by Crippen LogP contribution is -2.44. The average Bonchev–Trinajstić information content (AvgIpc) is 2.65. The van der Waals surface area contributed by atoms with Crippen LogP contribution in [0.25, 0.3) is 0 Å². The van der Waals surface area contributed by atoms with Gasteiger partial charge in [-0.3, -0.25) is 4.79 Å². The van der Waals surface area contributed by atoms with Gasteiger partial charge < -0.3 is 10.4 Å². The van der Waals surface area contributed by atoms with Crippen LogP contribution >= 0.6 is 0 Å². The first-order valence-electron chi connectivity index (χ1n) is 5.34. The van der Waals surface area contributed by atoms with E-state index in [9.17, 15) is 4.79 Å². The van der Waals surface area contributed by atoms with Crippen molar-refractivity contribution in [3.63, 3.8) is 0 Å². The molecule has 0 radical (unpaired) electrons. The van der Waals surface area contributed by atoms with E-state index >= 15 is 0 Å². The molecule has 2 unspecified atom stereocenters. The van der Waals surface area contributed by atoms with Crippen molar-refractivity contribution in [2.24, 2.45) is 11.3 Å². The molecule has 1 fully saturated rings. The molecule has 84 valence electrons. The van der Waals surface area contributed by atoms with Gasteiger partial charge in [0.1, 0.15) is 5.41 Å². The smallest absolute Gasteiger partial charge is 0.240 e. The fourth-order valence-corrected chi connectivity index (χ4v) is 1.84. The molecule has 1 saturated carbocycles. The van der Waals surface area contributed by atoms with E-state index in [1.165, 1.54) is 0 Å². The number of rotatable bonds is 3. The monoisotopic (exact) mass is 210 g/mol. The molecule has 2 atom stereocenters. The van der Waals surface area contributed by atoms with Crippen LogP contribution in [0.15, 0.2) is 0 Å². The van der Waals surface area contributed by atoms with Crippen LogP contribution < -0.4 is 5.32 Å². The van der Waals surface area contributed by atoms with Crippen LogP contribution in [-0.2, 0) is 4.79 Å². The highest BCUT2D eigenvalue weighted by Crippen LogP contribution is 2.26. The number of nitrogens with zero attached hydrogens (tertiary/aromatic N) is 1. The Morgan fingerprint density at radius 1 is 1.60 bits per heavy atom. The van der Waals surface area contributed by atoms with Gasteiger partial charge in [0, 0.05) is 18.6 Å². The van der Waals surface area contributed by atoms with E-state index in [0.717, 1.165) is 19.3 Å². The summed E-state index contributed by atoms with van der Waals surface area (Å²) in [6.07, 6.45) is 2.88. The van der Waals surface area contributed by atoms with Gasteiger partial charge in [0.15, 0.2) is 0 Å². The SMILES string of the molecule is CC(C)(C#N)C(=O)NC1CCCC1CO. The Labute approximate surface area is 90.3 Å². The first-order chi connectivity index (χ1) is 7.01. The van der Waals surface area contributed by atoms with Gasteiger partial charge in [-0.1, -0.05) is 6.42 Å². The Morgan fingerprint density at radius 3 is 2.80 bits per heavy atom. The normalized spacial score (nSPS) is 26.0. The fraction of sp³-hybridized carbons (Fsp3) is 0.818. The maximum atomic E-state index is 11.7. The van der Waals surface area contributed by atoms with Crippen molar-refractivity contribution in [1.29, 1.82) is 5.26 Å². The van der Waals surface area contributed by atoms with Crippen LogP contribution in [0.1, 0.15) is 33.1 Å². The van der Waals surface area contributed by atoms with E-state index < -0.39 is 5.41 Å². The first kappa shape index (κ1) is 12.0. The highest BCUT2D eigenvalue weighted by Gasteiger charge is 2.33. The number of carbonyl (C=O) groups is 1. The Hall–Kier alpha value is -1.08. The van der Waals surface area contributed by atoms with Crippen molar-refractivity contribution in [2.45, 2.75) is 39.2 Å². The molecule has 15 heavy (non-hydrogen) atoms. The second-order valence-electron chi connectivity index (χ2n) is 4.69. The zero-order valence-corrected chi connectivity index (χ0v) is 9.29. The van der Waals surface area contributed by atoms with Crippen LogP contribution in [0.2, 0.25) is 0 Å². The second-order valence-corrected chi connectivity index (χ2v) is 4.69. The molecule has 4 heteroatoms. The molecule has 4 nitrogen and oxygen atoms in total. The number of aliphatic hydroxyl groups excluding tert-OH is 1. The number of nitrogens with one attached hydrogen (secondary N) is 1. The van der Waals surface area contributed by atoms with Crippen molar-refractivity contribution in [2.75, 3.05) is 6.61 Å².